The first kappa shape index (κ1) is 18.7. The smallest absolute Gasteiger partial charge is 0.224 e. The molecule has 0 spiro atoms. The van der Waals surface area contributed by atoms with Crippen molar-refractivity contribution in [3.63, 3.8) is 0 Å². The topological polar surface area (TPSA) is 64.3 Å². The summed E-state index contributed by atoms with van der Waals surface area (Å²) < 4.78 is 5.69. The molecule has 1 rings (SSSR count). The van der Waals surface area contributed by atoms with E-state index in [4.69, 9.17) is 10.5 Å². The van der Waals surface area contributed by atoms with Gasteiger partial charge < -0.3 is 15.8 Å². The predicted octanol–water partition coefficient (Wildman–Crippen LogP) is 3.21. The van der Waals surface area contributed by atoms with Crippen molar-refractivity contribution in [2.24, 2.45) is 11.7 Å². The highest BCUT2D eigenvalue weighted by Gasteiger charge is 2.08. The number of anilines is 1. The third-order valence-corrected chi connectivity index (χ3v) is 2.56. The molecule has 0 bridgehead atoms. The maximum Gasteiger partial charge on any atom is 0.224 e. The van der Waals surface area contributed by atoms with E-state index in [9.17, 15) is 4.79 Å². The van der Waals surface area contributed by atoms with Crippen LogP contribution in [0.3, 0.4) is 0 Å². The van der Waals surface area contributed by atoms with Crippen LogP contribution in [0, 0.1) is 5.92 Å². The van der Waals surface area contributed by atoms with Crippen molar-refractivity contribution in [2.75, 3.05) is 11.9 Å². The van der Waals surface area contributed by atoms with Crippen LogP contribution in [0.2, 0.25) is 0 Å². The van der Waals surface area contributed by atoms with E-state index >= 15 is 0 Å². The number of carbonyl (C=O) groups is 1. The first-order chi connectivity index (χ1) is 8.99. The monoisotopic (exact) mass is 300 g/mol. The summed E-state index contributed by atoms with van der Waals surface area (Å²) in [6, 6.07) is 7.53. The lowest BCUT2D eigenvalue weighted by Gasteiger charge is -2.14. The lowest BCUT2D eigenvalue weighted by atomic mass is 10.2. The minimum atomic E-state index is -0.0297. The molecule has 20 heavy (non-hydrogen) atoms. The largest absolute Gasteiger partial charge is 0.491 e. The summed E-state index contributed by atoms with van der Waals surface area (Å²) in [7, 11) is 0. The van der Waals surface area contributed by atoms with Crippen LogP contribution in [0.15, 0.2) is 24.3 Å². The summed E-state index contributed by atoms with van der Waals surface area (Å²) in [6.45, 7) is 6.70. The minimum Gasteiger partial charge on any atom is -0.491 e. The third kappa shape index (κ3) is 7.36. The summed E-state index contributed by atoms with van der Waals surface area (Å²) in [5.41, 5.74) is 6.36. The maximum atomic E-state index is 11.8. The molecule has 1 aromatic carbocycles. The Bertz CT molecular complexity index is 409. The van der Waals surface area contributed by atoms with Gasteiger partial charge in [-0.1, -0.05) is 26.0 Å². The average Bonchev–Trinajstić information content (AvgIpc) is 2.35. The Kier molecular flexibility index (Phi) is 9.01. The van der Waals surface area contributed by atoms with Crippen LogP contribution in [0.4, 0.5) is 5.69 Å². The number of rotatable bonds is 7. The predicted molar refractivity (Wildman–Crippen MR) is 85.5 cm³/mol. The molecule has 0 aromatic heterocycles. The van der Waals surface area contributed by atoms with Gasteiger partial charge in [-0.15, -0.1) is 12.4 Å². The number of hydrogen-bond acceptors (Lipinski definition) is 3. The number of benzene rings is 1. The van der Waals surface area contributed by atoms with E-state index < -0.39 is 0 Å². The molecule has 5 heteroatoms. The molecule has 3 N–H and O–H groups in total. The molecule has 0 radical (unpaired) electrons. The summed E-state index contributed by atoms with van der Waals surface area (Å²) in [5, 5.41) is 2.87. The van der Waals surface area contributed by atoms with E-state index in [0.717, 1.165) is 5.69 Å². The Morgan fingerprint density at radius 1 is 1.30 bits per heavy atom. The second-order valence-electron chi connectivity index (χ2n) is 5.27. The van der Waals surface area contributed by atoms with Crippen molar-refractivity contribution in [3.8, 4) is 5.75 Å². The van der Waals surface area contributed by atoms with E-state index in [0.29, 0.717) is 31.1 Å². The molecule has 0 aliphatic rings. The number of nitrogens with one attached hydrogen (secondary N) is 1. The van der Waals surface area contributed by atoms with Gasteiger partial charge in [-0.3, -0.25) is 4.79 Å². The van der Waals surface area contributed by atoms with Crippen molar-refractivity contribution in [1.29, 1.82) is 0 Å². The number of amides is 1. The molecule has 4 nitrogen and oxygen atoms in total. The van der Waals surface area contributed by atoms with Gasteiger partial charge in [0.1, 0.15) is 5.75 Å². The van der Waals surface area contributed by atoms with E-state index in [1.807, 2.05) is 31.2 Å². The van der Waals surface area contributed by atoms with E-state index in [1.54, 1.807) is 0 Å². The average molecular weight is 301 g/mol. The van der Waals surface area contributed by atoms with Gasteiger partial charge in [0.15, 0.2) is 0 Å². The van der Waals surface area contributed by atoms with Gasteiger partial charge in [0, 0.05) is 12.5 Å². The van der Waals surface area contributed by atoms with Crippen molar-refractivity contribution in [3.05, 3.63) is 24.3 Å². The number of halogens is 1. The summed E-state index contributed by atoms with van der Waals surface area (Å²) in [6.07, 6.45) is 1.11. The number of hydrogen-bond donors (Lipinski definition) is 2. The SMILES string of the molecule is CC(C)COc1ccccc1NC(=O)CCC(C)N.Cl. The quantitative estimate of drug-likeness (QED) is 0.812. The lowest BCUT2D eigenvalue weighted by molar-refractivity contribution is -0.116. The molecular formula is C15H25ClN2O2. The standard InChI is InChI=1S/C15H24N2O2.ClH/c1-11(2)10-19-14-7-5-4-6-13(14)17-15(18)9-8-12(3)16;/h4-7,11-12H,8-10,16H2,1-3H3,(H,17,18);1H. The normalized spacial score (nSPS) is 11.7. The van der Waals surface area contributed by atoms with Gasteiger partial charge in [-0.2, -0.15) is 0 Å². The van der Waals surface area contributed by atoms with Crippen LogP contribution >= 0.6 is 12.4 Å². The van der Waals surface area contributed by atoms with Crippen LogP contribution in [0.1, 0.15) is 33.6 Å². The fourth-order valence-electron chi connectivity index (χ4n) is 1.52. The van der Waals surface area contributed by atoms with Gasteiger partial charge in [0.25, 0.3) is 0 Å². The summed E-state index contributed by atoms with van der Waals surface area (Å²) in [4.78, 5) is 11.8. The third-order valence-electron chi connectivity index (χ3n) is 2.56. The molecular weight excluding hydrogens is 276 g/mol. The second-order valence-corrected chi connectivity index (χ2v) is 5.27. The summed E-state index contributed by atoms with van der Waals surface area (Å²) in [5.74, 6) is 1.13. The highest BCUT2D eigenvalue weighted by molar-refractivity contribution is 5.92. The molecule has 1 atom stereocenters. The Labute approximate surface area is 127 Å². The van der Waals surface area contributed by atoms with Crippen LogP contribution < -0.4 is 15.8 Å². The molecule has 1 amide bonds. The highest BCUT2D eigenvalue weighted by atomic mass is 35.5. The highest BCUT2D eigenvalue weighted by Crippen LogP contribution is 2.24. The molecule has 114 valence electrons. The van der Waals surface area contributed by atoms with Crippen molar-refractivity contribution in [1.82, 2.24) is 0 Å². The molecule has 1 aromatic rings. The maximum absolute atomic E-state index is 11.8. The first-order valence-electron chi connectivity index (χ1n) is 6.76. The fourth-order valence-corrected chi connectivity index (χ4v) is 1.52. The van der Waals surface area contributed by atoms with Crippen molar-refractivity contribution >= 4 is 24.0 Å². The number of para-hydroxylation sites is 2. The minimum absolute atomic E-state index is 0. The van der Waals surface area contributed by atoms with Crippen LogP contribution in [-0.4, -0.2) is 18.6 Å². The van der Waals surface area contributed by atoms with E-state index in [2.05, 4.69) is 19.2 Å². The van der Waals surface area contributed by atoms with Gasteiger partial charge >= 0.3 is 0 Å². The number of ether oxygens (including phenoxy) is 1. The lowest BCUT2D eigenvalue weighted by Crippen LogP contribution is -2.19. The van der Waals surface area contributed by atoms with E-state index in [-0.39, 0.29) is 24.4 Å². The zero-order valence-electron chi connectivity index (χ0n) is 12.4. The Balaban J connectivity index is 0.00000361. The van der Waals surface area contributed by atoms with Crippen LogP contribution in [-0.2, 0) is 4.79 Å². The Morgan fingerprint density at radius 2 is 1.95 bits per heavy atom. The molecule has 1 unspecified atom stereocenters. The van der Waals surface area contributed by atoms with Crippen molar-refractivity contribution < 1.29 is 9.53 Å². The molecule has 0 saturated heterocycles. The van der Waals surface area contributed by atoms with Crippen LogP contribution in [0.25, 0.3) is 0 Å². The first-order valence-corrected chi connectivity index (χ1v) is 6.76. The Hall–Kier alpha value is -1.26. The summed E-state index contributed by atoms with van der Waals surface area (Å²) >= 11 is 0. The Morgan fingerprint density at radius 3 is 2.55 bits per heavy atom. The zero-order valence-corrected chi connectivity index (χ0v) is 13.2. The van der Waals surface area contributed by atoms with Gasteiger partial charge in [-0.25, -0.2) is 0 Å². The van der Waals surface area contributed by atoms with Crippen molar-refractivity contribution in [2.45, 2.75) is 39.7 Å². The molecule has 0 aliphatic heterocycles. The van der Waals surface area contributed by atoms with Gasteiger partial charge in [0.2, 0.25) is 5.91 Å². The van der Waals surface area contributed by atoms with Crippen LogP contribution in [0.5, 0.6) is 5.75 Å². The van der Waals surface area contributed by atoms with Gasteiger partial charge in [-0.05, 0) is 31.4 Å². The van der Waals surface area contributed by atoms with Gasteiger partial charge in [0.05, 0.1) is 12.3 Å². The molecule has 0 saturated carbocycles. The fraction of sp³-hybridized carbons (Fsp3) is 0.533. The second kappa shape index (κ2) is 9.61. The zero-order chi connectivity index (χ0) is 14.3. The van der Waals surface area contributed by atoms with E-state index in [1.165, 1.54) is 0 Å². The number of carbonyl (C=O) groups excluding carboxylic acids is 1. The molecule has 0 fully saturated rings. The molecule has 0 heterocycles. The number of nitrogens with two attached hydrogens (primary N) is 1. The molecule has 0 aliphatic carbocycles.